The summed E-state index contributed by atoms with van der Waals surface area (Å²) in [6.45, 7) is 5.35. The molecule has 0 saturated heterocycles. The van der Waals surface area contributed by atoms with Crippen LogP contribution < -0.4 is 15.4 Å². The minimum atomic E-state index is 0.634. The largest absolute Gasteiger partial charge is 0.493 e. The van der Waals surface area contributed by atoms with Gasteiger partial charge in [-0.25, -0.2) is 4.99 Å². The molecule has 4 nitrogen and oxygen atoms in total. The van der Waals surface area contributed by atoms with Gasteiger partial charge in [0.25, 0.3) is 0 Å². The van der Waals surface area contributed by atoms with Crippen molar-refractivity contribution in [3.05, 3.63) is 29.8 Å². The molecule has 0 amide bonds. The third kappa shape index (κ3) is 6.18. The lowest BCUT2D eigenvalue weighted by molar-refractivity contribution is 0.297. The fourth-order valence-electron chi connectivity index (χ4n) is 2.04. The van der Waals surface area contributed by atoms with E-state index in [2.05, 4.69) is 34.9 Å². The van der Waals surface area contributed by atoms with Gasteiger partial charge in [0.05, 0.1) is 13.2 Å². The van der Waals surface area contributed by atoms with Crippen molar-refractivity contribution in [2.45, 2.75) is 26.3 Å². The van der Waals surface area contributed by atoms with E-state index in [0.717, 1.165) is 48.6 Å². The molecular formula is C17H27N3OS. The highest BCUT2D eigenvalue weighted by atomic mass is 32.2. The molecule has 0 aliphatic heterocycles. The van der Waals surface area contributed by atoms with E-state index in [1.54, 1.807) is 0 Å². The Hall–Kier alpha value is -1.36. The van der Waals surface area contributed by atoms with Crippen molar-refractivity contribution in [2.24, 2.45) is 10.9 Å². The highest BCUT2D eigenvalue weighted by Crippen LogP contribution is 2.30. The molecule has 0 unspecified atom stereocenters. The molecule has 0 heterocycles. The van der Waals surface area contributed by atoms with Crippen LogP contribution in [0.3, 0.4) is 0 Å². The van der Waals surface area contributed by atoms with Gasteiger partial charge in [-0.3, -0.25) is 0 Å². The van der Waals surface area contributed by atoms with Crippen molar-refractivity contribution < 1.29 is 4.74 Å². The number of nitrogens with zero attached hydrogens (tertiary/aromatic N) is 1. The Labute approximate surface area is 138 Å². The number of guanidine groups is 1. The maximum atomic E-state index is 5.94. The second-order valence-electron chi connectivity index (χ2n) is 5.48. The standard InChI is InChI=1S/C17H27N3OS/c1-3-18-17(19-10-11-22-2)20-12-15-6-4-5-7-16(15)21-13-14-8-9-14/h4-7,14H,3,8-13H2,1-2H3,(H2,18,19,20). The summed E-state index contributed by atoms with van der Waals surface area (Å²) < 4.78 is 5.94. The predicted octanol–water partition coefficient (Wildman–Crippen LogP) is 2.89. The Morgan fingerprint density at radius 2 is 2.14 bits per heavy atom. The van der Waals surface area contributed by atoms with Gasteiger partial charge in [0.1, 0.15) is 5.75 Å². The van der Waals surface area contributed by atoms with Gasteiger partial charge >= 0.3 is 0 Å². The minimum absolute atomic E-state index is 0.634. The van der Waals surface area contributed by atoms with Crippen LogP contribution in [0.5, 0.6) is 5.75 Å². The van der Waals surface area contributed by atoms with Gasteiger partial charge in [0.2, 0.25) is 0 Å². The Morgan fingerprint density at radius 1 is 1.32 bits per heavy atom. The monoisotopic (exact) mass is 321 g/mol. The summed E-state index contributed by atoms with van der Waals surface area (Å²) in [5.41, 5.74) is 1.14. The lowest BCUT2D eigenvalue weighted by atomic mass is 10.2. The minimum Gasteiger partial charge on any atom is -0.493 e. The van der Waals surface area contributed by atoms with Crippen LogP contribution in [0.4, 0.5) is 0 Å². The van der Waals surface area contributed by atoms with Gasteiger partial charge in [0, 0.05) is 24.4 Å². The first-order valence-corrected chi connectivity index (χ1v) is 9.44. The fourth-order valence-corrected chi connectivity index (χ4v) is 2.35. The van der Waals surface area contributed by atoms with E-state index in [4.69, 9.17) is 4.74 Å². The summed E-state index contributed by atoms with van der Waals surface area (Å²) >= 11 is 1.83. The molecule has 0 atom stereocenters. The lowest BCUT2D eigenvalue weighted by Crippen LogP contribution is -2.38. The van der Waals surface area contributed by atoms with E-state index < -0.39 is 0 Å². The normalized spacial score (nSPS) is 14.7. The number of ether oxygens (including phenoxy) is 1. The molecular weight excluding hydrogens is 294 g/mol. The van der Waals surface area contributed by atoms with Crippen molar-refractivity contribution >= 4 is 17.7 Å². The van der Waals surface area contributed by atoms with E-state index in [1.807, 2.05) is 30.0 Å². The van der Waals surface area contributed by atoms with Crippen molar-refractivity contribution in [1.29, 1.82) is 0 Å². The molecule has 0 spiro atoms. The zero-order chi connectivity index (χ0) is 15.6. The van der Waals surface area contributed by atoms with Crippen LogP contribution in [-0.4, -0.2) is 37.7 Å². The first-order valence-electron chi connectivity index (χ1n) is 8.05. The second-order valence-corrected chi connectivity index (χ2v) is 6.46. The van der Waals surface area contributed by atoms with Crippen LogP contribution in [0.15, 0.2) is 29.3 Å². The van der Waals surface area contributed by atoms with E-state index in [9.17, 15) is 0 Å². The summed E-state index contributed by atoms with van der Waals surface area (Å²) in [5, 5.41) is 6.63. The fraction of sp³-hybridized carbons (Fsp3) is 0.588. The van der Waals surface area contributed by atoms with Gasteiger partial charge in [-0.2, -0.15) is 11.8 Å². The Balaban J connectivity index is 1.92. The average Bonchev–Trinajstić information content (AvgIpc) is 3.36. The number of hydrogen-bond acceptors (Lipinski definition) is 3. The van der Waals surface area contributed by atoms with Gasteiger partial charge < -0.3 is 15.4 Å². The summed E-state index contributed by atoms with van der Waals surface area (Å²) in [6, 6.07) is 8.21. The Bertz CT molecular complexity index is 475. The van der Waals surface area contributed by atoms with Crippen LogP contribution in [0.1, 0.15) is 25.3 Å². The van der Waals surface area contributed by atoms with Gasteiger partial charge in [-0.15, -0.1) is 0 Å². The van der Waals surface area contributed by atoms with Crippen LogP contribution in [0, 0.1) is 5.92 Å². The Kier molecular flexibility index (Phi) is 7.43. The average molecular weight is 321 g/mol. The van der Waals surface area contributed by atoms with E-state index >= 15 is 0 Å². The molecule has 22 heavy (non-hydrogen) atoms. The molecule has 1 aromatic carbocycles. The molecule has 1 saturated carbocycles. The predicted molar refractivity (Wildman–Crippen MR) is 95.9 cm³/mol. The number of rotatable bonds is 9. The molecule has 0 radical (unpaired) electrons. The molecule has 1 aliphatic rings. The molecule has 0 aromatic heterocycles. The number of hydrogen-bond donors (Lipinski definition) is 2. The first kappa shape index (κ1) is 17.0. The SMILES string of the molecule is CCNC(=NCc1ccccc1OCC1CC1)NCCSC. The van der Waals surface area contributed by atoms with E-state index in [-0.39, 0.29) is 0 Å². The van der Waals surface area contributed by atoms with Crippen molar-refractivity contribution in [3.8, 4) is 5.75 Å². The third-order valence-electron chi connectivity index (χ3n) is 3.49. The summed E-state index contributed by atoms with van der Waals surface area (Å²) in [6.07, 6.45) is 4.73. The summed E-state index contributed by atoms with van der Waals surface area (Å²) in [5.74, 6) is 3.68. The van der Waals surface area contributed by atoms with Gasteiger partial charge in [-0.05, 0) is 38.0 Å². The molecule has 0 bridgehead atoms. The number of benzene rings is 1. The van der Waals surface area contributed by atoms with Crippen molar-refractivity contribution in [2.75, 3.05) is 31.7 Å². The summed E-state index contributed by atoms with van der Waals surface area (Å²) in [7, 11) is 0. The van der Waals surface area contributed by atoms with Gasteiger partial charge in [0.15, 0.2) is 5.96 Å². The van der Waals surface area contributed by atoms with Crippen molar-refractivity contribution in [3.63, 3.8) is 0 Å². The van der Waals surface area contributed by atoms with E-state index in [0.29, 0.717) is 6.54 Å². The number of nitrogens with one attached hydrogen (secondary N) is 2. The van der Waals surface area contributed by atoms with Crippen LogP contribution in [0.25, 0.3) is 0 Å². The van der Waals surface area contributed by atoms with Gasteiger partial charge in [-0.1, -0.05) is 18.2 Å². The highest BCUT2D eigenvalue weighted by molar-refractivity contribution is 7.98. The molecule has 1 fully saturated rings. The first-order chi connectivity index (χ1) is 10.8. The topological polar surface area (TPSA) is 45.7 Å². The molecule has 2 N–H and O–H groups in total. The molecule has 2 rings (SSSR count). The smallest absolute Gasteiger partial charge is 0.191 e. The zero-order valence-electron chi connectivity index (χ0n) is 13.6. The maximum Gasteiger partial charge on any atom is 0.191 e. The van der Waals surface area contributed by atoms with E-state index in [1.165, 1.54) is 12.8 Å². The Morgan fingerprint density at radius 3 is 2.86 bits per heavy atom. The molecule has 1 aliphatic carbocycles. The number of aliphatic imine (C=N–C) groups is 1. The quantitative estimate of drug-likeness (QED) is 0.417. The highest BCUT2D eigenvalue weighted by Gasteiger charge is 2.22. The summed E-state index contributed by atoms with van der Waals surface area (Å²) in [4.78, 5) is 4.66. The van der Waals surface area contributed by atoms with Crippen LogP contribution >= 0.6 is 11.8 Å². The second kappa shape index (κ2) is 9.62. The maximum absolute atomic E-state index is 5.94. The molecule has 1 aromatic rings. The zero-order valence-corrected chi connectivity index (χ0v) is 14.4. The van der Waals surface area contributed by atoms with Crippen LogP contribution in [0.2, 0.25) is 0 Å². The van der Waals surface area contributed by atoms with Crippen molar-refractivity contribution in [1.82, 2.24) is 10.6 Å². The number of thioether (sulfide) groups is 1. The molecule has 122 valence electrons. The third-order valence-corrected chi connectivity index (χ3v) is 4.11. The van der Waals surface area contributed by atoms with Crippen LogP contribution in [-0.2, 0) is 6.54 Å². The lowest BCUT2D eigenvalue weighted by Gasteiger charge is -2.12. The number of para-hydroxylation sites is 1. The molecule has 5 heteroatoms.